The maximum atomic E-state index is 13.1. The molecule has 0 radical (unpaired) electrons. The molecule has 1 aromatic rings. The van der Waals surface area contributed by atoms with E-state index >= 15 is 0 Å². The summed E-state index contributed by atoms with van der Waals surface area (Å²) < 4.78 is 0. The predicted octanol–water partition coefficient (Wildman–Crippen LogP) is 2.53. The van der Waals surface area contributed by atoms with Crippen LogP contribution in [0.4, 0.5) is 0 Å². The highest BCUT2D eigenvalue weighted by Crippen LogP contribution is 2.35. The molecule has 0 bridgehead atoms. The second-order valence-electron chi connectivity index (χ2n) is 7.95. The van der Waals surface area contributed by atoms with E-state index in [-0.39, 0.29) is 55.0 Å². The van der Waals surface area contributed by atoms with Crippen LogP contribution in [0.3, 0.4) is 0 Å². The van der Waals surface area contributed by atoms with E-state index in [4.69, 9.17) is 11.6 Å². The molecule has 8 heteroatoms. The van der Waals surface area contributed by atoms with Crippen molar-refractivity contribution >= 4 is 35.2 Å². The normalized spacial score (nSPS) is 21.1. The zero-order chi connectivity index (χ0) is 22.5. The standard InChI is InChI=1S/C23H28ClN3O4/c1-3-25-21(29)15(2)27(14-16-8-10-17(24)11-9-16)20(28)12-13-26-22(30)18-6-4-5-7-19(18)23(26)31/h4-5,8-11,15,18-19H,3,6-7,12-14H2,1-2H3,(H,25,29)/t15-,18-,19+/m0/s1. The average Bonchev–Trinajstić information content (AvgIpc) is 3.01. The number of benzene rings is 1. The van der Waals surface area contributed by atoms with Gasteiger partial charge in [-0.1, -0.05) is 35.9 Å². The lowest BCUT2D eigenvalue weighted by atomic mass is 9.85. The largest absolute Gasteiger partial charge is 0.355 e. The van der Waals surface area contributed by atoms with Crippen molar-refractivity contribution in [1.29, 1.82) is 0 Å². The smallest absolute Gasteiger partial charge is 0.242 e. The van der Waals surface area contributed by atoms with Gasteiger partial charge in [-0.2, -0.15) is 0 Å². The quantitative estimate of drug-likeness (QED) is 0.492. The number of carbonyl (C=O) groups excluding carboxylic acids is 4. The summed E-state index contributed by atoms with van der Waals surface area (Å²) in [6, 6.07) is 6.37. The van der Waals surface area contributed by atoms with Gasteiger partial charge < -0.3 is 10.2 Å². The van der Waals surface area contributed by atoms with Crippen LogP contribution in [0.2, 0.25) is 5.02 Å². The first-order valence-electron chi connectivity index (χ1n) is 10.6. The summed E-state index contributed by atoms with van der Waals surface area (Å²) in [4.78, 5) is 53.5. The Kier molecular flexibility index (Phi) is 7.49. The Hall–Kier alpha value is -2.67. The minimum absolute atomic E-state index is 0.0261. The summed E-state index contributed by atoms with van der Waals surface area (Å²) in [5, 5.41) is 3.32. The van der Waals surface area contributed by atoms with E-state index in [0.29, 0.717) is 24.4 Å². The van der Waals surface area contributed by atoms with Crippen molar-refractivity contribution in [3.63, 3.8) is 0 Å². The molecular formula is C23H28ClN3O4. The maximum absolute atomic E-state index is 13.1. The van der Waals surface area contributed by atoms with E-state index < -0.39 is 6.04 Å². The Balaban J connectivity index is 1.70. The van der Waals surface area contributed by atoms with Crippen molar-refractivity contribution in [1.82, 2.24) is 15.1 Å². The zero-order valence-electron chi connectivity index (χ0n) is 17.8. The van der Waals surface area contributed by atoms with E-state index in [1.54, 1.807) is 31.2 Å². The van der Waals surface area contributed by atoms with Gasteiger partial charge in [0, 0.05) is 31.1 Å². The summed E-state index contributed by atoms with van der Waals surface area (Å²) in [5.41, 5.74) is 0.833. The molecule has 31 heavy (non-hydrogen) atoms. The first-order chi connectivity index (χ1) is 14.8. The molecule has 0 unspecified atom stereocenters. The van der Waals surface area contributed by atoms with Gasteiger partial charge in [-0.25, -0.2) is 0 Å². The Morgan fingerprint density at radius 2 is 1.71 bits per heavy atom. The number of nitrogens with zero attached hydrogens (tertiary/aromatic N) is 2. The lowest BCUT2D eigenvalue weighted by Crippen LogP contribution is -2.48. The van der Waals surface area contributed by atoms with Crippen LogP contribution in [0.5, 0.6) is 0 Å². The van der Waals surface area contributed by atoms with Crippen LogP contribution in [0.15, 0.2) is 36.4 Å². The number of halogens is 1. The zero-order valence-corrected chi connectivity index (χ0v) is 18.6. The fraction of sp³-hybridized carbons (Fsp3) is 0.478. The Morgan fingerprint density at radius 1 is 1.13 bits per heavy atom. The van der Waals surface area contributed by atoms with Crippen LogP contribution < -0.4 is 5.32 Å². The molecule has 0 aromatic heterocycles. The molecule has 166 valence electrons. The number of rotatable bonds is 8. The van der Waals surface area contributed by atoms with Gasteiger partial charge in [-0.3, -0.25) is 24.1 Å². The number of hydrogen-bond donors (Lipinski definition) is 1. The first kappa shape index (κ1) is 23.0. The number of likely N-dealkylation sites (N-methyl/N-ethyl adjacent to an activating group) is 1. The van der Waals surface area contributed by atoms with Crippen molar-refractivity contribution in [2.45, 2.75) is 45.7 Å². The van der Waals surface area contributed by atoms with Gasteiger partial charge in [0.1, 0.15) is 6.04 Å². The highest BCUT2D eigenvalue weighted by molar-refractivity contribution is 6.30. The molecule has 0 spiro atoms. The molecule has 4 amide bonds. The summed E-state index contributed by atoms with van der Waals surface area (Å²) in [6.45, 7) is 4.20. The van der Waals surface area contributed by atoms with Crippen LogP contribution >= 0.6 is 11.6 Å². The molecule has 0 saturated carbocycles. The van der Waals surface area contributed by atoms with Crippen LogP contribution in [-0.2, 0) is 25.7 Å². The molecule has 1 aliphatic heterocycles. The van der Waals surface area contributed by atoms with Crippen LogP contribution in [0.1, 0.15) is 38.7 Å². The molecule has 2 aliphatic rings. The highest BCUT2D eigenvalue weighted by atomic mass is 35.5. The molecule has 3 rings (SSSR count). The third-order valence-corrected chi connectivity index (χ3v) is 6.18. The van der Waals surface area contributed by atoms with Crippen molar-refractivity contribution in [3.05, 3.63) is 47.0 Å². The van der Waals surface area contributed by atoms with E-state index in [1.165, 1.54) is 9.80 Å². The highest BCUT2D eigenvalue weighted by Gasteiger charge is 2.47. The van der Waals surface area contributed by atoms with Crippen molar-refractivity contribution in [2.75, 3.05) is 13.1 Å². The molecule has 1 aromatic carbocycles. The molecule has 7 nitrogen and oxygen atoms in total. The van der Waals surface area contributed by atoms with Gasteiger partial charge in [0.15, 0.2) is 0 Å². The van der Waals surface area contributed by atoms with Gasteiger partial charge >= 0.3 is 0 Å². The van der Waals surface area contributed by atoms with Gasteiger partial charge in [0.05, 0.1) is 11.8 Å². The third-order valence-electron chi connectivity index (χ3n) is 5.93. The molecule has 3 atom stereocenters. The number of nitrogens with one attached hydrogen (secondary N) is 1. The Morgan fingerprint density at radius 3 is 2.26 bits per heavy atom. The molecular weight excluding hydrogens is 418 g/mol. The Bertz CT molecular complexity index is 857. The maximum Gasteiger partial charge on any atom is 0.242 e. The molecule has 1 heterocycles. The van der Waals surface area contributed by atoms with Gasteiger partial charge in [-0.05, 0) is 44.4 Å². The van der Waals surface area contributed by atoms with E-state index in [1.807, 2.05) is 19.1 Å². The number of imide groups is 1. The van der Waals surface area contributed by atoms with Crippen molar-refractivity contribution < 1.29 is 19.2 Å². The monoisotopic (exact) mass is 445 g/mol. The number of allylic oxidation sites excluding steroid dienone is 2. The number of carbonyl (C=O) groups is 4. The van der Waals surface area contributed by atoms with Crippen molar-refractivity contribution in [3.8, 4) is 0 Å². The fourth-order valence-corrected chi connectivity index (χ4v) is 4.26. The predicted molar refractivity (Wildman–Crippen MR) is 117 cm³/mol. The van der Waals surface area contributed by atoms with E-state index in [0.717, 1.165) is 5.56 Å². The molecule has 1 N–H and O–H groups in total. The Labute approximate surface area is 187 Å². The number of fused-ring (bicyclic) bond motifs is 1. The minimum Gasteiger partial charge on any atom is -0.355 e. The summed E-state index contributed by atoms with van der Waals surface area (Å²) in [7, 11) is 0. The molecule has 1 saturated heterocycles. The van der Waals surface area contributed by atoms with Gasteiger partial charge in [-0.15, -0.1) is 0 Å². The average molecular weight is 446 g/mol. The summed E-state index contributed by atoms with van der Waals surface area (Å²) >= 11 is 5.95. The van der Waals surface area contributed by atoms with E-state index in [2.05, 4.69) is 5.32 Å². The SMILES string of the molecule is CCNC(=O)[C@H](C)N(Cc1ccc(Cl)cc1)C(=O)CCN1C(=O)[C@H]2CC=CC[C@H]2C1=O. The first-order valence-corrected chi connectivity index (χ1v) is 11.0. The van der Waals surface area contributed by atoms with Crippen LogP contribution in [-0.4, -0.2) is 52.6 Å². The van der Waals surface area contributed by atoms with E-state index in [9.17, 15) is 19.2 Å². The second-order valence-corrected chi connectivity index (χ2v) is 8.39. The lowest BCUT2D eigenvalue weighted by molar-refractivity contribution is -0.143. The fourth-order valence-electron chi connectivity index (χ4n) is 4.13. The van der Waals surface area contributed by atoms with Gasteiger partial charge in [0.25, 0.3) is 0 Å². The number of likely N-dealkylation sites (tertiary alicyclic amines) is 1. The molecule has 1 fully saturated rings. The minimum atomic E-state index is -0.695. The molecule has 1 aliphatic carbocycles. The summed E-state index contributed by atoms with van der Waals surface area (Å²) in [5.74, 6) is -1.57. The van der Waals surface area contributed by atoms with Gasteiger partial charge in [0.2, 0.25) is 23.6 Å². The van der Waals surface area contributed by atoms with Crippen LogP contribution in [0.25, 0.3) is 0 Å². The lowest BCUT2D eigenvalue weighted by Gasteiger charge is -2.29. The van der Waals surface area contributed by atoms with Crippen molar-refractivity contribution in [2.24, 2.45) is 11.8 Å². The number of amides is 4. The second kappa shape index (κ2) is 10.1. The van der Waals surface area contributed by atoms with Crippen LogP contribution in [0, 0.1) is 11.8 Å². The topological polar surface area (TPSA) is 86.8 Å². The number of hydrogen-bond acceptors (Lipinski definition) is 4. The summed E-state index contributed by atoms with van der Waals surface area (Å²) in [6.07, 6.45) is 4.97. The third kappa shape index (κ3) is 5.15.